The van der Waals surface area contributed by atoms with Gasteiger partial charge in [-0.05, 0) is 17.7 Å². The van der Waals surface area contributed by atoms with E-state index in [2.05, 4.69) is 0 Å². The smallest absolute Gasteiger partial charge is 0.127 e. The highest BCUT2D eigenvalue weighted by Crippen LogP contribution is 2.15. The predicted octanol–water partition coefficient (Wildman–Crippen LogP) is 2.27. The highest BCUT2D eigenvalue weighted by molar-refractivity contribution is 5.61. The topological polar surface area (TPSA) is 17.1 Å². The van der Waals surface area contributed by atoms with Gasteiger partial charge < -0.3 is 4.79 Å². The van der Waals surface area contributed by atoms with Crippen molar-refractivity contribution in [3.8, 4) is 0 Å². The molecular weight excluding hydrogens is 162 g/mol. The van der Waals surface area contributed by atoms with E-state index in [9.17, 15) is 13.6 Å². The first-order chi connectivity index (χ1) is 5.63. The van der Waals surface area contributed by atoms with Crippen molar-refractivity contribution in [3.05, 3.63) is 35.4 Å². The lowest BCUT2D eigenvalue weighted by Gasteiger charge is -2.03. The predicted molar refractivity (Wildman–Crippen MR) is 40.8 cm³/mol. The summed E-state index contributed by atoms with van der Waals surface area (Å²) in [5, 5.41) is 0. The third kappa shape index (κ3) is 1.87. The van der Waals surface area contributed by atoms with E-state index in [1.54, 1.807) is 6.92 Å². The normalized spacial score (nSPS) is 12.6. The van der Waals surface area contributed by atoms with Gasteiger partial charge in [0.1, 0.15) is 17.9 Å². The summed E-state index contributed by atoms with van der Waals surface area (Å²) in [6.07, 6.45) is 0.647. The van der Waals surface area contributed by atoms with Crippen LogP contribution in [0.25, 0.3) is 0 Å². The van der Waals surface area contributed by atoms with Gasteiger partial charge >= 0.3 is 0 Å². The van der Waals surface area contributed by atoms with Gasteiger partial charge in [0.2, 0.25) is 0 Å². The molecule has 0 amide bonds. The van der Waals surface area contributed by atoms with Crippen molar-refractivity contribution >= 4 is 6.29 Å². The molecule has 1 aromatic carbocycles. The summed E-state index contributed by atoms with van der Waals surface area (Å²) in [5.41, 5.74) is 0.363. The fourth-order valence-electron chi connectivity index (χ4n) is 0.917. The maximum absolute atomic E-state index is 12.6. The summed E-state index contributed by atoms with van der Waals surface area (Å²) >= 11 is 0. The molecule has 1 nitrogen and oxygen atoms in total. The van der Waals surface area contributed by atoms with Crippen molar-refractivity contribution in [3.63, 3.8) is 0 Å². The highest BCUT2D eigenvalue weighted by atomic mass is 19.1. The minimum Gasteiger partial charge on any atom is -0.303 e. The molecule has 0 fully saturated rings. The molecule has 0 aliphatic heterocycles. The third-order valence-electron chi connectivity index (χ3n) is 1.61. The molecule has 64 valence electrons. The van der Waals surface area contributed by atoms with Crippen LogP contribution in [0.3, 0.4) is 0 Å². The average molecular weight is 170 g/mol. The molecule has 0 saturated heterocycles. The lowest BCUT2D eigenvalue weighted by molar-refractivity contribution is -0.108. The number of carbonyl (C=O) groups is 1. The summed E-state index contributed by atoms with van der Waals surface area (Å²) in [6.45, 7) is 1.58. The Bertz CT molecular complexity index is 276. The molecule has 1 atom stereocenters. The molecule has 0 N–H and O–H groups in total. The second-order valence-corrected chi connectivity index (χ2v) is 2.63. The van der Waals surface area contributed by atoms with Crippen molar-refractivity contribution in [1.82, 2.24) is 0 Å². The third-order valence-corrected chi connectivity index (χ3v) is 1.61. The second kappa shape index (κ2) is 3.43. The van der Waals surface area contributed by atoms with E-state index in [0.29, 0.717) is 11.8 Å². The minimum atomic E-state index is -0.654. The van der Waals surface area contributed by atoms with Gasteiger partial charge in [-0.3, -0.25) is 0 Å². The molecule has 0 bridgehead atoms. The van der Waals surface area contributed by atoms with Crippen molar-refractivity contribution in [2.75, 3.05) is 0 Å². The van der Waals surface area contributed by atoms with Crippen LogP contribution in [0.1, 0.15) is 18.4 Å². The van der Waals surface area contributed by atoms with Crippen LogP contribution in [-0.4, -0.2) is 6.29 Å². The summed E-state index contributed by atoms with van der Waals surface area (Å²) in [7, 11) is 0. The van der Waals surface area contributed by atoms with E-state index in [1.165, 1.54) is 0 Å². The molecule has 1 aromatic rings. The molecule has 0 aromatic heterocycles. The number of hydrogen-bond donors (Lipinski definition) is 0. The Morgan fingerprint density at radius 2 is 1.75 bits per heavy atom. The standard InChI is InChI=1S/C9H8F2O/c1-6(5-12)7-2-8(10)4-9(11)3-7/h2-6H,1H3/t6-/m0/s1. The van der Waals surface area contributed by atoms with E-state index < -0.39 is 17.6 Å². The fourth-order valence-corrected chi connectivity index (χ4v) is 0.917. The van der Waals surface area contributed by atoms with Crippen molar-refractivity contribution < 1.29 is 13.6 Å². The van der Waals surface area contributed by atoms with Gasteiger partial charge in [-0.15, -0.1) is 0 Å². The van der Waals surface area contributed by atoms with E-state index in [0.717, 1.165) is 18.2 Å². The van der Waals surface area contributed by atoms with Crippen LogP contribution in [0, 0.1) is 11.6 Å². The number of benzene rings is 1. The Kier molecular flexibility index (Phi) is 2.53. The van der Waals surface area contributed by atoms with Crippen LogP contribution in [0.2, 0.25) is 0 Å². The van der Waals surface area contributed by atoms with E-state index in [4.69, 9.17) is 0 Å². The zero-order valence-corrected chi connectivity index (χ0v) is 6.55. The first-order valence-electron chi connectivity index (χ1n) is 3.55. The largest absolute Gasteiger partial charge is 0.303 e. The number of hydrogen-bond acceptors (Lipinski definition) is 1. The van der Waals surface area contributed by atoms with Gasteiger partial charge in [0.05, 0.1) is 0 Å². The Balaban J connectivity index is 3.08. The van der Waals surface area contributed by atoms with E-state index in [-0.39, 0.29) is 0 Å². The summed E-state index contributed by atoms with van der Waals surface area (Å²) in [5.74, 6) is -1.77. The van der Waals surface area contributed by atoms with Crippen LogP contribution in [0.5, 0.6) is 0 Å². The second-order valence-electron chi connectivity index (χ2n) is 2.63. The SMILES string of the molecule is C[C@@H](C=O)c1cc(F)cc(F)c1. The first kappa shape index (κ1) is 8.84. The number of halogens is 2. The average Bonchev–Trinajstić information content (AvgIpc) is 2.01. The molecule has 3 heteroatoms. The van der Waals surface area contributed by atoms with E-state index >= 15 is 0 Å². The number of carbonyl (C=O) groups excluding carboxylic acids is 1. The van der Waals surface area contributed by atoms with Crippen LogP contribution < -0.4 is 0 Å². The van der Waals surface area contributed by atoms with Crippen molar-refractivity contribution in [2.45, 2.75) is 12.8 Å². The molecule has 0 heterocycles. The Morgan fingerprint density at radius 3 is 2.17 bits per heavy atom. The molecule has 0 saturated carbocycles. The van der Waals surface area contributed by atoms with Gasteiger partial charge in [0.25, 0.3) is 0 Å². The maximum atomic E-state index is 12.6. The van der Waals surface area contributed by atoms with Crippen LogP contribution in [0.4, 0.5) is 8.78 Å². The van der Waals surface area contributed by atoms with E-state index in [1.807, 2.05) is 0 Å². The zero-order valence-electron chi connectivity index (χ0n) is 6.55. The summed E-state index contributed by atoms with van der Waals surface area (Å²) < 4.78 is 25.1. The maximum Gasteiger partial charge on any atom is 0.127 e. The molecule has 0 aliphatic rings. The van der Waals surface area contributed by atoms with Gasteiger partial charge in [-0.25, -0.2) is 8.78 Å². The van der Waals surface area contributed by atoms with Gasteiger partial charge in [-0.2, -0.15) is 0 Å². The molecular formula is C9H8F2O. The van der Waals surface area contributed by atoms with Gasteiger partial charge in [0.15, 0.2) is 0 Å². The minimum absolute atomic E-state index is 0.363. The fraction of sp³-hybridized carbons (Fsp3) is 0.222. The highest BCUT2D eigenvalue weighted by Gasteiger charge is 2.06. The molecule has 0 aliphatic carbocycles. The number of rotatable bonds is 2. The Labute approximate surface area is 69.0 Å². The zero-order chi connectivity index (χ0) is 9.14. The molecule has 0 spiro atoms. The Hall–Kier alpha value is -1.25. The van der Waals surface area contributed by atoms with Gasteiger partial charge in [0, 0.05) is 12.0 Å². The van der Waals surface area contributed by atoms with Gasteiger partial charge in [-0.1, -0.05) is 6.92 Å². The monoisotopic (exact) mass is 170 g/mol. The molecule has 0 unspecified atom stereocenters. The van der Waals surface area contributed by atoms with Crippen LogP contribution in [-0.2, 0) is 4.79 Å². The molecule has 12 heavy (non-hydrogen) atoms. The van der Waals surface area contributed by atoms with Crippen molar-refractivity contribution in [1.29, 1.82) is 0 Å². The Morgan fingerprint density at radius 1 is 1.25 bits per heavy atom. The quantitative estimate of drug-likeness (QED) is 0.622. The lowest BCUT2D eigenvalue weighted by Crippen LogP contribution is -1.96. The summed E-state index contributed by atoms with van der Waals surface area (Å²) in [4.78, 5) is 10.3. The first-order valence-corrected chi connectivity index (χ1v) is 3.55. The lowest BCUT2D eigenvalue weighted by atomic mass is 10.0. The molecule has 1 rings (SSSR count). The van der Waals surface area contributed by atoms with Crippen LogP contribution >= 0.6 is 0 Å². The molecule has 0 radical (unpaired) electrons. The summed E-state index contributed by atoms with van der Waals surface area (Å²) in [6, 6.07) is 3.09. The van der Waals surface area contributed by atoms with Crippen molar-refractivity contribution in [2.24, 2.45) is 0 Å². The number of aldehydes is 1. The van der Waals surface area contributed by atoms with Crippen LogP contribution in [0.15, 0.2) is 18.2 Å².